The van der Waals surface area contributed by atoms with E-state index in [1.165, 1.54) is 30.5 Å². The molecule has 1 amide bonds. The number of rotatable bonds is 6. The number of pyridine rings is 1. The molecule has 8 nitrogen and oxygen atoms in total. The highest BCUT2D eigenvalue weighted by molar-refractivity contribution is 7.92. The van der Waals surface area contributed by atoms with Crippen molar-refractivity contribution >= 4 is 44.8 Å². The van der Waals surface area contributed by atoms with Crippen LogP contribution in [0.2, 0.25) is 10.0 Å². The number of aliphatic hydroxyl groups excluding tert-OH is 1. The van der Waals surface area contributed by atoms with Crippen molar-refractivity contribution in [2.24, 2.45) is 5.41 Å². The maximum absolute atomic E-state index is 13.2. The predicted octanol–water partition coefficient (Wildman–Crippen LogP) is 2.72. The van der Waals surface area contributed by atoms with Crippen molar-refractivity contribution in [3.63, 3.8) is 0 Å². The van der Waals surface area contributed by atoms with E-state index >= 15 is 0 Å². The molecule has 0 unspecified atom stereocenters. The molecular formula is C19H21Cl2N3O5S. The summed E-state index contributed by atoms with van der Waals surface area (Å²) < 4.78 is 33.0. The van der Waals surface area contributed by atoms with Crippen molar-refractivity contribution in [3.05, 3.63) is 46.1 Å². The van der Waals surface area contributed by atoms with Crippen LogP contribution in [0.5, 0.6) is 5.88 Å². The minimum atomic E-state index is -3.99. The van der Waals surface area contributed by atoms with Gasteiger partial charge in [-0.15, -0.1) is 0 Å². The molecule has 0 spiro atoms. The van der Waals surface area contributed by atoms with E-state index in [1.54, 1.807) is 13.8 Å². The third kappa shape index (κ3) is 4.64. The lowest BCUT2D eigenvalue weighted by Gasteiger charge is -2.30. The minimum absolute atomic E-state index is 0.0377. The molecule has 1 aliphatic heterocycles. The van der Waals surface area contributed by atoms with E-state index in [9.17, 15) is 18.3 Å². The average molecular weight is 474 g/mol. The van der Waals surface area contributed by atoms with Crippen LogP contribution in [0.15, 0.2) is 35.4 Å². The van der Waals surface area contributed by atoms with Crippen LogP contribution in [0.4, 0.5) is 5.69 Å². The Morgan fingerprint density at radius 2 is 2.03 bits per heavy atom. The first kappa shape index (κ1) is 22.6. The number of carbonyl (C=O) groups excluding carboxylic acids is 1. The molecule has 0 atom stereocenters. The zero-order valence-electron chi connectivity index (χ0n) is 16.4. The van der Waals surface area contributed by atoms with Gasteiger partial charge in [-0.1, -0.05) is 37.0 Å². The Balaban J connectivity index is 1.94. The van der Waals surface area contributed by atoms with Crippen molar-refractivity contribution < 1.29 is 23.1 Å². The van der Waals surface area contributed by atoms with Gasteiger partial charge >= 0.3 is 0 Å². The number of fused-ring (bicyclic) bond motifs is 1. The van der Waals surface area contributed by atoms with Gasteiger partial charge in [0.25, 0.3) is 15.9 Å². The van der Waals surface area contributed by atoms with Crippen LogP contribution in [0.25, 0.3) is 0 Å². The van der Waals surface area contributed by atoms with E-state index in [0.29, 0.717) is 0 Å². The topological polar surface area (TPSA) is 109 Å². The number of aliphatic hydroxyl groups is 1. The standard InChI is InChI=1S/C19H21Cl2N3O5S/c1-19(2,11-25)10-23-17(26)12-7-16-18(22-9-12)29-6-5-24(16)30(27,28)13-3-4-14(20)15(21)8-13/h3-4,7-9,25H,5-6,10-11H2,1-2H3,(H,23,26). The van der Waals surface area contributed by atoms with Gasteiger partial charge in [0.1, 0.15) is 12.3 Å². The molecule has 0 saturated carbocycles. The number of hydrogen-bond donors (Lipinski definition) is 2. The van der Waals surface area contributed by atoms with E-state index in [0.717, 1.165) is 4.31 Å². The van der Waals surface area contributed by atoms with Crippen molar-refractivity contribution in [1.82, 2.24) is 10.3 Å². The van der Waals surface area contributed by atoms with E-state index in [1.807, 2.05) is 0 Å². The maximum Gasteiger partial charge on any atom is 0.264 e. The number of benzene rings is 1. The summed E-state index contributed by atoms with van der Waals surface area (Å²) in [7, 11) is -3.99. The number of hydrogen-bond acceptors (Lipinski definition) is 6. The first-order chi connectivity index (χ1) is 14.0. The molecule has 11 heteroatoms. The monoisotopic (exact) mass is 473 g/mol. The van der Waals surface area contributed by atoms with Gasteiger partial charge in [0.15, 0.2) is 0 Å². The van der Waals surface area contributed by atoms with Crippen molar-refractivity contribution in [3.8, 4) is 5.88 Å². The highest BCUT2D eigenvalue weighted by Gasteiger charge is 2.32. The summed E-state index contributed by atoms with van der Waals surface area (Å²) in [5.74, 6) is -0.332. The number of ether oxygens (including phenoxy) is 1. The quantitative estimate of drug-likeness (QED) is 0.667. The maximum atomic E-state index is 13.2. The average Bonchev–Trinajstić information content (AvgIpc) is 2.73. The summed E-state index contributed by atoms with van der Waals surface area (Å²) in [4.78, 5) is 16.6. The molecule has 3 rings (SSSR count). The molecule has 0 aliphatic carbocycles. The Morgan fingerprint density at radius 3 is 2.70 bits per heavy atom. The number of aromatic nitrogens is 1. The number of carbonyl (C=O) groups is 1. The second-order valence-corrected chi connectivity index (χ2v) is 10.2. The van der Waals surface area contributed by atoms with Crippen LogP contribution in [-0.2, 0) is 10.0 Å². The lowest BCUT2D eigenvalue weighted by molar-refractivity contribution is 0.0910. The Hall–Kier alpha value is -2.07. The number of amides is 1. The highest BCUT2D eigenvalue weighted by atomic mass is 35.5. The van der Waals surface area contributed by atoms with Gasteiger partial charge in [-0.2, -0.15) is 0 Å². The number of halogens is 2. The van der Waals surface area contributed by atoms with Crippen molar-refractivity contribution in [2.45, 2.75) is 18.7 Å². The van der Waals surface area contributed by atoms with Crippen LogP contribution < -0.4 is 14.4 Å². The van der Waals surface area contributed by atoms with E-state index in [-0.39, 0.29) is 58.4 Å². The van der Waals surface area contributed by atoms with Crippen LogP contribution in [-0.4, -0.2) is 50.7 Å². The largest absolute Gasteiger partial charge is 0.474 e. The number of nitrogens with zero attached hydrogens (tertiary/aromatic N) is 2. The molecule has 162 valence electrons. The summed E-state index contributed by atoms with van der Waals surface area (Å²) in [5.41, 5.74) is -0.174. The summed E-state index contributed by atoms with van der Waals surface area (Å²) in [6, 6.07) is 5.45. The van der Waals surface area contributed by atoms with Crippen LogP contribution >= 0.6 is 23.2 Å². The molecule has 1 aromatic carbocycles. The Kier molecular flexibility index (Phi) is 6.47. The lowest BCUT2D eigenvalue weighted by atomic mass is 9.95. The van der Waals surface area contributed by atoms with Crippen LogP contribution in [0, 0.1) is 5.41 Å². The molecular weight excluding hydrogens is 453 g/mol. The van der Waals surface area contributed by atoms with Gasteiger partial charge in [0.2, 0.25) is 5.88 Å². The fourth-order valence-electron chi connectivity index (χ4n) is 2.69. The molecule has 0 bridgehead atoms. The van der Waals surface area contributed by atoms with E-state index in [2.05, 4.69) is 10.3 Å². The number of nitrogens with one attached hydrogen (secondary N) is 1. The molecule has 1 aliphatic rings. The molecule has 0 radical (unpaired) electrons. The van der Waals surface area contributed by atoms with Gasteiger partial charge < -0.3 is 15.2 Å². The molecule has 0 saturated heterocycles. The van der Waals surface area contributed by atoms with Gasteiger partial charge in [-0.05, 0) is 24.3 Å². The number of sulfonamides is 1. The van der Waals surface area contributed by atoms with Crippen molar-refractivity contribution in [1.29, 1.82) is 0 Å². The van der Waals surface area contributed by atoms with Crippen LogP contribution in [0.1, 0.15) is 24.2 Å². The summed E-state index contributed by atoms with van der Waals surface area (Å²) in [6.07, 6.45) is 1.31. The Bertz CT molecular complexity index is 1080. The van der Waals surface area contributed by atoms with Gasteiger partial charge in [-0.3, -0.25) is 9.10 Å². The van der Waals surface area contributed by atoms with Gasteiger partial charge in [0.05, 0.1) is 27.0 Å². The third-order valence-electron chi connectivity index (χ3n) is 4.53. The van der Waals surface area contributed by atoms with Gasteiger partial charge in [0, 0.05) is 24.8 Å². The van der Waals surface area contributed by atoms with Crippen molar-refractivity contribution in [2.75, 3.05) is 30.6 Å². The molecule has 2 N–H and O–H groups in total. The highest BCUT2D eigenvalue weighted by Crippen LogP contribution is 2.35. The smallest absolute Gasteiger partial charge is 0.264 e. The first-order valence-electron chi connectivity index (χ1n) is 9.05. The molecule has 2 aromatic rings. The molecule has 30 heavy (non-hydrogen) atoms. The number of anilines is 1. The second kappa shape index (κ2) is 8.58. The molecule has 2 heterocycles. The van der Waals surface area contributed by atoms with Crippen LogP contribution in [0.3, 0.4) is 0 Å². The van der Waals surface area contributed by atoms with E-state index < -0.39 is 21.3 Å². The SMILES string of the molecule is CC(C)(CO)CNC(=O)c1cnc2c(c1)N(S(=O)(=O)c1ccc(Cl)c(Cl)c1)CCO2. The Morgan fingerprint density at radius 1 is 1.30 bits per heavy atom. The first-order valence-corrected chi connectivity index (χ1v) is 11.2. The predicted molar refractivity (Wildman–Crippen MR) is 114 cm³/mol. The second-order valence-electron chi connectivity index (χ2n) is 7.55. The van der Waals surface area contributed by atoms with E-state index in [4.69, 9.17) is 27.9 Å². The summed E-state index contributed by atoms with van der Waals surface area (Å²) in [6.45, 7) is 3.90. The molecule has 1 aromatic heterocycles. The zero-order chi connectivity index (χ0) is 22.1. The van der Waals surface area contributed by atoms with Gasteiger partial charge in [-0.25, -0.2) is 13.4 Å². The fourth-order valence-corrected chi connectivity index (χ4v) is 4.52. The zero-order valence-corrected chi connectivity index (χ0v) is 18.7. The normalized spacial score (nSPS) is 14.1. The lowest BCUT2D eigenvalue weighted by Crippen LogP contribution is -2.39. The Labute approximate surface area is 184 Å². The fraction of sp³-hybridized carbons (Fsp3) is 0.368. The minimum Gasteiger partial charge on any atom is -0.474 e. The molecule has 0 fully saturated rings. The summed E-state index contributed by atoms with van der Waals surface area (Å²) in [5, 5.41) is 12.4. The summed E-state index contributed by atoms with van der Waals surface area (Å²) >= 11 is 11.9. The third-order valence-corrected chi connectivity index (χ3v) is 7.08.